The highest BCUT2D eigenvalue weighted by Gasteiger charge is 2.49. The number of oxazole rings is 1. The van der Waals surface area contributed by atoms with Crippen LogP contribution in [0.25, 0.3) is 0 Å². The van der Waals surface area contributed by atoms with Crippen molar-refractivity contribution in [3.8, 4) is 5.75 Å². The second kappa shape index (κ2) is 8.22. The second-order valence-corrected chi connectivity index (χ2v) is 9.36. The summed E-state index contributed by atoms with van der Waals surface area (Å²) in [6.07, 6.45) is 0.900. The third kappa shape index (κ3) is 4.94. The van der Waals surface area contributed by atoms with Gasteiger partial charge in [-0.25, -0.2) is 4.39 Å². The zero-order valence-electron chi connectivity index (χ0n) is 18.0. The molecule has 0 atom stereocenters. The first-order chi connectivity index (χ1) is 15.7. The zero-order valence-corrected chi connectivity index (χ0v) is 18.0. The smallest absolute Gasteiger partial charge is 0.396 e. The van der Waals surface area contributed by atoms with Crippen LogP contribution in [-0.2, 0) is 6.42 Å². The van der Waals surface area contributed by atoms with E-state index in [4.69, 9.17) is 9.15 Å². The number of aromatic nitrogens is 1. The minimum Gasteiger partial charge on any atom is -0.487 e. The Morgan fingerprint density at radius 2 is 2.00 bits per heavy atom. The molecule has 2 saturated carbocycles. The van der Waals surface area contributed by atoms with Crippen LogP contribution in [0.2, 0.25) is 0 Å². The number of hydrogen-bond acceptors (Lipinski definition) is 5. The van der Waals surface area contributed by atoms with Gasteiger partial charge in [-0.05, 0) is 62.5 Å². The average Bonchev–Trinajstić information content (AvgIpc) is 3.11. The lowest BCUT2D eigenvalue weighted by Crippen LogP contribution is -2.21. The van der Waals surface area contributed by atoms with Gasteiger partial charge in [0.25, 0.3) is 11.9 Å². The molecule has 10 heteroatoms. The van der Waals surface area contributed by atoms with Gasteiger partial charge in [0.15, 0.2) is 17.3 Å². The fourth-order valence-corrected chi connectivity index (χ4v) is 4.69. The van der Waals surface area contributed by atoms with Crippen molar-refractivity contribution in [3.05, 3.63) is 35.5 Å². The number of anilines is 2. The molecule has 0 bridgehead atoms. The quantitative estimate of drug-likeness (QED) is 0.570. The number of benzene rings is 1. The molecule has 1 spiro atoms. The van der Waals surface area contributed by atoms with Crippen LogP contribution in [0.15, 0.2) is 22.6 Å². The molecule has 2 aromatic rings. The Bertz CT molecular complexity index is 1040. The lowest BCUT2D eigenvalue weighted by molar-refractivity contribution is -0.130. The maximum Gasteiger partial charge on any atom is 0.396 e. The average molecular weight is 467 g/mol. The van der Waals surface area contributed by atoms with Gasteiger partial charge < -0.3 is 19.4 Å². The van der Waals surface area contributed by atoms with Crippen LogP contribution >= 0.6 is 0 Å². The number of alkyl halides is 3. The topological polar surface area (TPSA) is 67.6 Å². The molecule has 3 fully saturated rings. The highest BCUT2D eigenvalue weighted by atomic mass is 19.4. The molecule has 5 rings (SSSR count). The molecule has 0 unspecified atom stereocenters. The van der Waals surface area contributed by atoms with E-state index in [0.717, 1.165) is 51.0 Å². The molecule has 3 aliphatic rings. The van der Waals surface area contributed by atoms with Gasteiger partial charge in [0, 0.05) is 24.8 Å². The summed E-state index contributed by atoms with van der Waals surface area (Å²) in [6, 6.07) is 3.97. The van der Waals surface area contributed by atoms with Crippen LogP contribution in [0.1, 0.15) is 61.2 Å². The van der Waals surface area contributed by atoms with E-state index in [9.17, 15) is 22.4 Å². The molecular formula is C23H25F4N3O3. The van der Waals surface area contributed by atoms with Crippen molar-refractivity contribution < 1.29 is 31.5 Å². The van der Waals surface area contributed by atoms with E-state index < -0.39 is 35.8 Å². The van der Waals surface area contributed by atoms with Crippen LogP contribution in [-0.4, -0.2) is 36.3 Å². The second-order valence-electron chi connectivity index (χ2n) is 9.36. The van der Waals surface area contributed by atoms with E-state index in [1.807, 2.05) is 0 Å². The van der Waals surface area contributed by atoms with Crippen LogP contribution in [0.4, 0.5) is 29.3 Å². The van der Waals surface area contributed by atoms with Gasteiger partial charge in [0.1, 0.15) is 12.2 Å². The summed E-state index contributed by atoms with van der Waals surface area (Å²) in [5, 5.41) is 2.44. The number of nitrogens with one attached hydrogen (secondary N) is 1. The molecule has 178 valence electrons. The Kier molecular flexibility index (Phi) is 5.49. The van der Waals surface area contributed by atoms with Crippen LogP contribution < -0.4 is 15.0 Å². The minimum absolute atomic E-state index is 0.0228. The first-order valence-electron chi connectivity index (χ1n) is 11.3. The summed E-state index contributed by atoms with van der Waals surface area (Å²) in [4.78, 5) is 18.7. The summed E-state index contributed by atoms with van der Waals surface area (Å²) >= 11 is 0. The summed E-state index contributed by atoms with van der Waals surface area (Å²) in [5.74, 6) is -1.99. The van der Waals surface area contributed by atoms with Crippen molar-refractivity contribution in [1.29, 1.82) is 0 Å². The molecule has 6 nitrogen and oxygen atoms in total. The summed E-state index contributed by atoms with van der Waals surface area (Å²) in [5.41, 5.74) is -0.136. The highest BCUT2D eigenvalue weighted by Crippen LogP contribution is 2.53. The number of carbonyl (C=O) groups is 1. The molecule has 1 saturated heterocycles. The number of amides is 1. The molecule has 0 radical (unpaired) electrons. The van der Waals surface area contributed by atoms with Crippen molar-refractivity contribution in [3.63, 3.8) is 0 Å². The molecule has 1 aliphatic heterocycles. The maximum atomic E-state index is 14.5. The Labute approximate surface area is 188 Å². The van der Waals surface area contributed by atoms with E-state index >= 15 is 0 Å². The predicted molar refractivity (Wildman–Crippen MR) is 112 cm³/mol. The normalized spacial score (nSPS) is 19.9. The molecule has 33 heavy (non-hydrogen) atoms. The van der Waals surface area contributed by atoms with Gasteiger partial charge in [0.2, 0.25) is 0 Å². The van der Waals surface area contributed by atoms with Gasteiger partial charge in [-0.2, -0.15) is 18.2 Å². The van der Waals surface area contributed by atoms with Crippen molar-refractivity contribution in [2.45, 2.75) is 63.6 Å². The number of carbonyl (C=O) groups excluding carboxylic acids is 1. The lowest BCUT2D eigenvalue weighted by Gasteiger charge is -2.14. The summed E-state index contributed by atoms with van der Waals surface area (Å²) in [6.45, 7) is 1.29. The summed E-state index contributed by atoms with van der Waals surface area (Å²) in [7, 11) is 0. The number of halogens is 4. The van der Waals surface area contributed by atoms with Gasteiger partial charge in [-0.1, -0.05) is 0 Å². The fourth-order valence-electron chi connectivity index (χ4n) is 4.69. The molecule has 2 aliphatic carbocycles. The highest BCUT2D eigenvalue weighted by molar-refractivity contribution is 6.03. The van der Waals surface area contributed by atoms with Gasteiger partial charge in [-0.3, -0.25) is 4.79 Å². The number of ether oxygens (including phenoxy) is 1. The predicted octanol–water partition coefficient (Wildman–Crippen LogP) is 5.48. The monoisotopic (exact) mass is 467 g/mol. The largest absolute Gasteiger partial charge is 0.487 e. The third-order valence-electron chi connectivity index (χ3n) is 6.71. The Morgan fingerprint density at radius 3 is 2.64 bits per heavy atom. The maximum absolute atomic E-state index is 14.5. The molecule has 2 heterocycles. The van der Waals surface area contributed by atoms with Gasteiger partial charge >= 0.3 is 6.18 Å². The van der Waals surface area contributed by atoms with E-state index in [1.54, 1.807) is 4.90 Å². The van der Waals surface area contributed by atoms with E-state index in [-0.39, 0.29) is 29.0 Å². The SMILES string of the molecule is O=C(Nc1ccc(OC2CCCC2)c(F)c1)c1nc(N2CCC3(CC3)C2)oc1CC(F)(F)F. The number of rotatable bonds is 6. The van der Waals surface area contributed by atoms with Gasteiger partial charge in [-0.15, -0.1) is 0 Å². The van der Waals surface area contributed by atoms with Crippen molar-refractivity contribution >= 4 is 17.6 Å². The lowest BCUT2D eigenvalue weighted by atomic mass is 10.1. The standard InChI is InChI=1S/C23H25F4N3O3/c24-16-11-14(5-6-17(16)32-15-3-1-2-4-15)28-20(31)19-18(12-23(25,26)27)33-21(29-19)30-10-9-22(13-30)7-8-22/h5-6,11,15H,1-4,7-10,12-13H2,(H,28,31). The first kappa shape index (κ1) is 22.0. The molecular weight excluding hydrogens is 442 g/mol. The van der Waals surface area contributed by atoms with Crippen molar-refractivity contribution in [2.75, 3.05) is 23.3 Å². The fraction of sp³-hybridized carbons (Fsp3) is 0.565. The Morgan fingerprint density at radius 1 is 1.24 bits per heavy atom. The van der Waals surface area contributed by atoms with E-state index in [2.05, 4.69) is 10.3 Å². The van der Waals surface area contributed by atoms with Crippen LogP contribution in [0, 0.1) is 11.2 Å². The van der Waals surface area contributed by atoms with Crippen molar-refractivity contribution in [1.82, 2.24) is 4.98 Å². The van der Waals surface area contributed by atoms with Crippen molar-refractivity contribution in [2.24, 2.45) is 5.41 Å². The van der Waals surface area contributed by atoms with E-state index in [0.29, 0.717) is 13.1 Å². The molecule has 1 aromatic heterocycles. The number of hydrogen-bond donors (Lipinski definition) is 1. The minimum atomic E-state index is -4.57. The first-order valence-corrected chi connectivity index (χ1v) is 11.3. The van der Waals surface area contributed by atoms with E-state index in [1.165, 1.54) is 12.1 Å². The Hall–Kier alpha value is -2.78. The molecule has 1 N–H and O–H groups in total. The molecule has 1 aromatic carbocycles. The zero-order chi connectivity index (χ0) is 23.2. The van der Waals surface area contributed by atoms with Crippen LogP contribution in [0.5, 0.6) is 5.75 Å². The number of nitrogens with zero attached hydrogens (tertiary/aromatic N) is 2. The molecule has 1 amide bonds. The van der Waals surface area contributed by atoms with Gasteiger partial charge in [0.05, 0.1) is 6.10 Å². The Balaban J connectivity index is 1.33. The van der Waals surface area contributed by atoms with Crippen LogP contribution in [0.3, 0.4) is 0 Å². The summed E-state index contributed by atoms with van der Waals surface area (Å²) < 4.78 is 64.8. The third-order valence-corrected chi connectivity index (χ3v) is 6.71.